The molecule has 1 amide bonds. The van der Waals surface area contributed by atoms with Crippen molar-refractivity contribution in [1.82, 2.24) is 20.5 Å². The number of Topliss-reactive ketones (excluding diaryl/α,β-unsaturated/α-hetero) is 1. The van der Waals surface area contributed by atoms with Gasteiger partial charge in [-0.05, 0) is 17.5 Å². The van der Waals surface area contributed by atoms with E-state index in [-0.39, 0.29) is 11.7 Å². The Bertz CT molecular complexity index is 1160. The third kappa shape index (κ3) is 2.11. The first-order chi connectivity index (χ1) is 13.9. The fourth-order valence-corrected chi connectivity index (χ4v) is 4.18. The number of amides is 1. The monoisotopic (exact) mass is 390 g/mol. The van der Waals surface area contributed by atoms with Crippen LogP contribution in [0.15, 0.2) is 48.8 Å². The number of aromatic amines is 1. The maximum Gasteiger partial charge on any atom is 0.289 e. The Labute approximate surface area is 165 Å². The number of carbonyl (C=O) groups excluding carboxylic acids is 2. The van der Waals surface area contributed by atoms with Crippen molar-refractivity contribution in [2.75, 3.05) is 0 Å². The van der Waals surface area contributed by atoms with Crippen LogP contribution >= 0.6 is 0 Å². The van der Waals surface area contributed by atoms with E-state index in [1.165, 1.54) is 6.33 Å². The van der Waals surface area contributed by atoms with Crippen molar-refractivity contribution in [2.24, 2.45) is 0 Å². The Morgan fingerprint density at radius 1 is 1.21 bits per heavy atom. The molecule has 1 aliphatic carbocycles. The van der Waals surface area contributed by atoms with Crippen LogP contribution < -0.4 is 10.1 Å². The number of carbonyl (C=O) groups is 2. The van der Waals surface area contributed by atoms with Gasteiger partial charge in [0.2, 0.25) is 17.1 Å². The van der Waals surface area contributed by atoms with E-state index in [0.717, 1.165) is 5.56 Å². The highest BCUT2D eigenvalue weighted by atomic mass is 16.6. The average Bonchev–Trinajstić information content (AvgIpc) is 3.37. The molecule has 29 heavy (non-hydrogen) atoms. The van der Waals surface area contributed by atoms with Gasteiger partial charge in [0.25, 0.3) is 11.7 Å². The second-order valence-electron chi connectivity index (χ2n) is 7.57. The molecule has 8 heteroatoms. The molecule has 2 atom stereocenters. The lowest BCUT2D eigenvalue weighted by Crippen LogP contribution is -2.60. The van der Waals surface area contributed by atoms with Gasteiger partial charge in [-0.25, -0.2) is 4.98 Å². The molecular formula is C21H18N4O4. The fraction of sp³-hybridized carbons (Fsp3) is 0.238. The van der Waals surface area contributed by atoms with Crippen molar-refractivity contribution in [1.29, 1.82) is 0 Å². The van der Waals surface area contributed by atoms with Gasteiger partial charge in [-0.2, -0.15) is 5.10 Å². The van der Waals surface area contributed by atoms with Crippen LogP contribution in [-0.2, 0) is 11.3 Å². The van der Waals surface area contributed by atoms with E-state index in [1.807, 2.05) is 19.9 Å². The highest BCUT2D eigenvalue weighted by molar-refractivity contribution is 6.13. The van der Waals surface area contributed by atoms with Crippen molar-refractivity contribution in [3.05, 3.63) is 76.9 Å². The van der Waals surface area contributed by atoms with Gasteiger partial charge < -0.3 is 15.2 Å². The van der Waals surface area contributed by atoms with Gasteiger partial charge in [-0.1, -0.05) is 50.2 Å². The van der Waals surface area contributed by atoms with Crippen molar-refractivity contribution in [3.8, 4) is 5.75 Å². The number of aliphatic hydroxyl groups is 1. The van der Waals surface area contributed by atoms with Gasteiger partial charge in [-0.15, -0.1) is 0 Å². The van der Waals surface area contributed by atoms with E-state index >= 15 is 0 Å². The molecule has 0 fully saturated rings. The molecule has 3 aromatic rings. The largest absolute Gasteiger partial charge is 0.454 e. The lowest BCUT2D eigenvalue weighted by atomic mass is 9.82. The minimum absolute atomic E-state index is 0.0715. The molecule has 2 aromatic carbocycles. The normalized spacial score (nSPS) is 24.1. The number of fused-ring (bicyclic) bond motifs is 5. The number of aromatic nitrogens is 3. The van der Waals surface area contributed by atoms with Gasteiger partial charge in [0.05, 0.1) is 0 Å². The first kappa shape index (κ1) is 17.6. The van der Waals surface area contributed by atoms with Crippen LogP contribution in [0.3, 0.4) is 0 Å². The highest BCUT2D eigenvalue weighted by Gasteiger charge is 2.71. The van der Waals surface area contributed by atoms with E-state index in [4.69, 9.17) is 4.74 Å². The zero-order chi connectivity index (χ0) is 20.4. The summed E-state index contributed by atoms with van der Waals surface area (Å²) in [6.07, 6.45) is 1.19. The van der Waals surface area contributed by atoms with Crippen LogP contribution in [0.1, 0.15) is 57.4 Å². The number of ether oxygens (including phenoxy) is 1. The summed E-state index contributed by atoms with van der Waals surface area (Å²) in [5.41, 5.74) is 0.172. The first-order valence-corrected chi connectivity index (χ1v) is 9.26. The summed E-state index contributed by atoms with van der Waals surface area (Å²) in [5, 5.41) is 20.6. The third-order valence-electron chi connectivity index (χ3n) is 5.65. The number of H-pyrrole nitrogens is 1. The van der Waals surface area contributed by atoms with E-state index in [9.17, 15) is 14.7 Å². The lowest BCUT2D eigenvalue weighted by molar-refractivity contribution is -0.169. The summed E-state index contributed by atoms with van der Waals surface area (Å²) in [6, 6.07) is 12.1. The molecule has 8 nitrogen and oxygen atoms in total. The molecule has 0 saturated carbocycles. The molecule has 2 aliphatic rings. The molecule has 146 valence electrons. The van der Waals surface area contributed by atoms with Gasteiger partial charge in [0, 0.05) is 16.7 Å². The number of ketones is 1. The number of nitrogens with zero attached hydrogens (tertiary/aromatic N) is 2. The second kappa shape index (κ2) is 5.74. The summed E-state index contributed by atoms with van der Waals surface area (Å²) in [5.74, 6) is -2.68. The summed E-state index contributed by atoms with van der Waals surface area (Å²) < 4.78 is 6.00. The van der Waals surface area contributed by atoms with Crippen LogP contribution in [0.25, 0.3) is 0 Å². The zero-order valence-corrected chi connectivity index (χ0v) is 15.8. The molecule has 1 aliphatic heterocycles. The predicted molar refractivity (Wildman–Crippen MR) is 101 cm³/mol. The second-order valence-corrected chi connectivity index (χ2v) is 7.57. The Morgan fingerprint density at radius 3 is 2.72 bits per heavy atom. The number of nitrogens with one attached hydrogen (secondary N) is 2. The minimum Gasteiger partial charge on any atom is -0.454 e. The van der Waals surface area contributed by atoms with Crippen LogP contribution in [0.2, 0.25) is 0 Å². The average molecular weight is 390 g/mol. The highest BCUT2D eigenvalue weighted by Crippen LogP contribution is 2.58. The molecule has 3 N–H and O–H groups in total. The van der Waals surface area contributed by atoms with Crippen molar-refractivity contribution < 1.29 is 19.4 Å². The molecular weight excluding hydrogens is 372 g/mol. The van der Waals surface area contributed by atoms with E-state index in [2.05, 4.69) is 20.5 Å². The SMILES string of the molecule is CC(C)c1ccc2c(c1)OC1(O)c3ccccc3C(=O)C21NC(=O)c1ncn[nH]1. The summed E-state index contributed by atoms with van der Waals surface area (Å²) in [6.45, 7) is 4.07. The first-order valence-electron chi connectivity index (χ1n) is 9.26. The summed E-state index contributed by atoms with van der Waals surface area (Å²) in [4.78, 5) is 30.3. The van der Waals surface area contributed by atoms with Crippen molar-refractivity contribution in [3.63, 3.8) is 0 Å². The van der Waals surface area contributed by atoms with Gasteiger partial charge in [-0.3, -0.25) is 14.7 Å². The molecule has 0 spiro atoms. The molecule has 0 radical (unpaired) electrons. The lowest BCUT2D eigenvalue weighted by Gasteiger charge is -2.34. The Kier molecular flexibility index (Phi) is 3.48. The maximum atomic E-state index is 13.6. The van der Waals surface area contributed by atoms with Crippen molar-refractivity contribution >= 4 is 11.7 Å². The summed E-state index contributed by atoms with van der Waals surface area (Å²) in [7, 11) is 0. The number of rotatable bonds is 3. The third-order valence-corrected chi connectivity index (χ3v) is 5.65. The van der Waals surface area contributed by atoms with Crippen LogP contribution in [0, 0.1) is 0 Å². The van der Waals surface area contributed by atoms with E-state index in [0.29, 0.717) is 22.4 Å². The fourth-order valence-electron chi connectivity index (χ4n) is 4.18. The van der Waals surface area contributed by atoms with Crippen molar-refractivity contribution in [2.45, 2.75) is 31.1 Å². The Morgan fingerprint density at radius 2 is 2.00 bits per heavy atom. The van der Waals surface area contributed by atoms with Gasteiger partial charge in [0.1, 0.15) is 12.1 Å². The molecule has 2 heterocycles. The molecule has 0 bridgehead atoms. The smallest absolute Gasteiger partial charge is 0.289 e. The zero-order valence-electron chi connectivity index (χ0n) is 15.8. The standard InChI is InChI=1S/C21H18N4O4/c1-11(2)12-7-8-15-16(9-12)29-21(28)14-6-4-3-5-13(14)17(26)20(15,21)24-19(27)18-22-10-23-25-18/h3-11,28H,1-2H3,(H,24,27)(H,22,23,25). The Hall–Kier alpha value is -3.52. The minimum atomic E-state index is -2.08. The van der Waals surface area contributed by atoms with Crippen LogP contribution in [0.4, 0.5) is 0 Å². The molecule has 2 unspecified atom stereocenters. The maximum absolute atomic E-state index is 13.6. The van der Waals surface area contributed by atoms with Gasteiger partial charge >= 0.3 is 0 Å². The Balaban J connectivity index is 1.74. The van der Waals surface area contributed by atoms with Crippen LogP contribution in [0.5, 0.6) is 5.75 Å². The number of hydrogen-bond acceptors (Lipinski definition) is 6. The number of benzene rings is 2. The molecule has 1 aromatic heterocycles. The summed E-state index contributed by atoms with van der Waals surface area (Å²) >= 11 is 0. The predicted octanol–water partition coefficient (Wildman–Crippen LogP) is 1.99. The molecule has 0 saturated heterocycles. The van der Waals surface area contributed by atoms with E-state index in [1.54, 1.807) is 36.4 Å². The van der Waals surface area contributed by atoms with Crippen LogP contribution in [-0.4, -0.2) is 32.0 Å². The van der Waals surface area contributed by atoms with E-state index < -0.39 is 23.0 Å². The number of hydrogen-bond donors (Lipinski definition) is 3. The molecule has 5 rings (SSSR count). The van der Waals surface area contributed by atoms with Gasteiger partial charge in [0.15, 0.2) is 0 Å². The topological polar surface area (TPSA) is 117 Å². The quantitative estimate of drug-likeness (QED) is 0.630.